The highest BCUT2D eigenvalue weighted by Crippen LogP contribution is 2.36. The molecule has 1 fully saturated rings. The molecule has 1 aromatic carbocycles. The second kappa shape index (κ2) is 3.36. The normalized spacial score (nSPS) is 17.9. The molecule has 2 N–H and O–H groups in total. The number of hydrogen-bond acceptors (Lipinski definition) is 1. The summed E-state index contributed by atoms with van der Waals surface area (Å²) in [6, 6.07) is 8.89. The molecule has 1 saturated carbocycles. The van der Waals surface area contributed by atoms with Crippen LogP contribution in [-0.4, -0.2) is 10.1 Å². The lowest BCUT2D eigenvalue weighted by atomic mass is 10.0. The minimum Gasteiger partial charge on any atom is -0.351 e. The first-order valence-electron chi connectivity index (χ1n) is 5.99. The van der Waals surface area contributed by atoms with Crippen LogP contribution in [0.2, 0.25) is 0 Å². The Morgan fingerprint density at radius 3 is 2.88 bits per heavy atom. The lowest BCUT2D eigenvalue weighted by Crippen LogP contribution is -2.22. The number of aromatic nitrogens is 1. The van der Waals surface area contributed by atoms with Crippen molar-refractivity contribution in [1.82, 2.24) is 4.57 Å². The summed E-state index contributed by atoms with van der Waals surface area (Å²) in [7, 11) is 2.09. The van der Waals surface area contributed by atoms with Crippen LogP contribution >= 0.6 is 0 Å². The molecule has 1 aliphatic carbocycles. The largest absolute Gasteiger partial charge is 0.351 e. The predicted octanol–water partition coefficient (Wildman–Crippen LogP) is 2.60. The molecule has 2 heteroatoms. The maximum Gasteiger partial charge on any atom is 0.0480 e. The quantitative estimate of drug-likeness (QED) is 0.836. The SMILES string of the molecule is Cn1ccc2ccc(CCC3(N)CC3)cc21. The summed E-state index contributed by atoms with van der Waals surface area (Å²) in [6.45, 7) is 0. The second-order valence-electron chi connectivity index (χ2n) is 5.18. The van der Waals surface area contributed by atoms with Gasteiger partial charge in [-0.1, -0.05) is 12.1 Å². The summed E-state index contributed by atoms with van der Waals surface area (Å²) >= 11 is 0. The van der Waals surface area contributed by atoms with Crippen LogP contribution in [0.1, 0.15) is 24.8 Å². The van der Waals surface area contributed by atoms with Gasteiger partial charge in [-0.25, -0.2) is 0 Å². The standard InChI is InChI=1S/C14H18N2/c1-16-9-5-12-3-2-11(10-13(12)16)4-6-14(15)7-8-14/h2-3,5,9-10H,4,6-8,15H2,1H3. The van der Waals surface area contributed by atoms with Gasteiger partial charge in [0.2, 0.25) is 0 Å². The van der Waals surface area contributed by atoms with Crippen LogP contribution in [0, 0.1) is 0 Å². The highest BCUT2D eigenvalue weighted by atomic mass is 14.9. The molecule has 0 unspecified atom stereocenters. The molecule has 0 spiro atoms. The number of fused-ring (bicyclic) bond motifs is 1. The zero-order valence-electron chi connectivity index (χ0n) is 9.74. The smallest absolute Gasteiger partial charge is 0.0480 e. The number of nitrogens with two attached hydrogens (primary N) is 1. The van der Waals surface area contributed by atoms with Gasteiger partial charge in [-0.2, -0.15) is 0 Å². The van der Waals surface area contributed by atoms with Crippen molar-refractivity contribution in [2.75, 3.05) is 0 Å². The molecule has 0 atom stereocenters. The van der Waals surface area contributed by atoms with Crippen molar-refractivity contribution in [2.45, 2.75) is 31.2 Å². The van der Waals surface area contributed by atoms with Gasteiger partial charge in [-0.15, -0.1) is 0 Å². The lowest BCUT2D eigenvalue weighted by molar-refractivity contribution is 0.609. The predicted molar refractivity (Wildman–Crippen MR) is 67.4 cm³/mol. The van der Waals surface area contributed by atoms with Crippen LogP contribution in [0.3, 0.4) is 0 Å². The fourth-order valence-electron chi connectivity index (χ4n) is 2.27. The summed E-state index contributed by atoms with van der Waals surface area (Å²) in [5.74, 6) is 0. The summed E-state index contributed by atoms with van der Waals surface area (Å²) in [6.07, 6.45) is 6.76. The van der Waals surface area contributed by atoms with Gasteiger partial charge in [-0.05, 0) is 48.8 Å². The fraction of sp³-hybridized carbons (Fsp3) is 0.429. The van der Waals surface area contributed by atoms with Crippen molar-refractivity contribution in [3.63, 3.8) is 0 Å². The van der Waals surface area contributed by atoms with Gasteiger partial charge in [0.05, 0.1) is 0 Å². The van der Waals surface area contributed by atoms with Crippen LogP contribution in [0.5, 0.6) is 0 Å². The molecule has 0 bridgehead atoms. The summed E-state index contributed by atoms with van der Waals surface area (Å²) in [4.78, 5) is 0. The number of aryl methyl sites for hydroxylation is 2. The van der Waals surface area contributed by atoms with E-state index in [0.29, 0.717) is 0 Å². The number of nitrogens with zero attached hydrogens (tertiary/aromatic N) is 1. The fourth-order valence-corrected chi connectivity index (χ4v) is 2.27. The molecule has 0 radical (unpaired) electrons. The molecule has 0 saturated heterocycles. The lowest BCUT2D eigenvalue weighted by Gasteiger charge is -2.08. The van der Waals surface area contributed by atoms with Crippen molar-refractivity contribution in [3.05, 3.63) is 36.0 Å². The molecule has 1 heterocycles. The van der Waals surface area contributed by atoms with Gasteiger partial charge in [-0.3, -0.25) is 0 Å². The minimum atomic E-state index is 0.170. The van der Waals surface area contributed by atoms with E-state index < -0.39 is 0 Å². The molecule has 3 rings (SSSR count). The van der Waals surface area contributed by atoms with Crippen LogP contribution in [-0.2, 0) is 13.5 Å². The first-order chi connectivity index (χ1) is 7.66. The molecule has 16 heavy (non-hydrogen) atoms. The van der Waals surface area contributed by atoms with E-state index in [4.69, 9.17) is 5.73 Å². The maximum atomic E-state index is 6.11. The third-order valence-corrected chi connectivity index (χ3v) is 3.76. The highest BCUT2D eigenvalue weighted by Gasteiger charge is 2.37. The van der Waals surface area contributed by atoms with E-state index in [9.17, 15) is 0 Å². The maximum absolute atomic E-state index is 6.11. The Balaban J connectivity index is 1.83. The molecule has 0 aliphatic heterocycles. The van der Waals surface area contributed by atoms with Gasteiger partial charge in [0, 0.05) is 24.3 Å². The molecular weight excluding hydrogens is 196 g/mol. The number of benzene rings is 1. The third kappa shape index (κ3) is 1.74. The Bertz CT molecular complexity index is 521. The Labute approximate surface area is 96.1 Å². The summed E-state index contributed by atoms with van der Waals surface area (Å²) in [5, 5.41) is 1.32. The Hall–Kier alpha value is -1.28. The summed E-state index contributed by atoms with van der Waals surface area (Å²) < 4.78 is 2.17. The van der Waals surface area contributed by atoms with Crippen LogP contribution in [0.15, 0.2) is 30.5 Å². The van der Waals surface area contributed by atoms with Gasteiger partial charge in [0.25, 0.3) is 0 Å². The van der Waals surface area contributed by atoms with E-state index in [0.717, 1.165) is 12.8 Å². The van der Waals surface area contributed by atoms with E-state index in [1.54, 1.807) is 0 Å². The van der Waals surface area contributed by atoms with E-state index in [1.807, 2.05) is 0 Å². The average molecular weight is 214 g/mol. The first kappa shape index (κ1) is 9.91. The van der Waals surface area contributed by atoms with Crippen molar-refractivity contribution in [2.24, 2.45) is 12.8 Å². The Kier molecular flexibility index (Phi) is 2.08. The van der Waals surface area contributed by atoms with Gasteiger partial charge in [0.15, 0.2) is 0 Å². The topological polar surface area (TPSA) is 30.9 Å². The van der Waals surface area contributed by atoms with Crippen molar-refractivity contribution in [3.8, 4) is 0 Å². The van der Waals surface area contributed by atoms with E-state index in [1.165, 1.54) is 29.3 Å². The molecule has 0 amide bonds. The van der Waals surface area contributed by atoms with Gasteiger partial charge in [0.1, 0.15) is 0 Å². The van der Waals surface area contributed by atoms with Crippen LogP contribution in [0.4, 0.5) is 0 Å². The average Bonchev–Trinajstić information content (AvgIpc) is 2.92. The highest BCUT2D eigenvalue weighted by molar-refractivity contribution is 5.80. The van der Waals surface area contributed by atoms with Crippen molar-refractivity contribution >= 4 is 10.9 Å². The number of hydrogen-bond donors (Lipinski definition) is 1. The molecular formula is C14H18N2. The minimum absolute atomic E-state index is 0.170. The van der Waals surface area contributed by atoms with Crippen molar-refractivity contribution in [1.29, 1.82) is 0 Å². The summed E-state index contributed by atoms with van der Waals surface area (Å²) in [5.41, 5.74) is 9.01. The van der Waals surface area contributed by atoms with E-state index in [-0.39, 0.29) is 5.54 Å². The molecule has 1 aliphatic rings. The second-order valence-corrected chi connectivity index (χ2v) is 5.18. The zero-order valence-corrected chi connectivity index (χ0v) is 9.74. The molecule has 84 valence electrons. The third-order valence-electron chi connectivity index (χ3n) is 3.76. The van der Waals surface area contributed by atoms with Gasteiger partial charge < -0.3 is 10.3 Å². The Morgan fingerprint density at radius 2 is 2.12 bits per heavy atom. The Morgan fingerprint density at radius 1 is 1.31 bits per heavy atom. The van der Waals surface area contributed by atoms with Crippen molar-refractivity contribution < 1.29 is 0 Å². The van der Waals surface area contributed by atoms with Gasteiger partial charge >= 0.3 is 0 Å². The molecule has 2 nitrogen and oxygen atoms in total. The van der Waals surface area contributed by atoms with E-state index in [2.05, 4.69) is 42.1 Å². The molecule has 2 aromatic rings. The monoisotopic (exact) mass is 214 g/mol. The van der Waals surface area contributed by atoms with Crippen LogP contribution < -0.4 is 5.73 Å². The molecule has 1 aromatic heterocycles. The van der Waals surface area contributed by atoms with E-state index >= 15 is 0 Å². The van der Waals surface area contributed by atoms with Crippen LogP contribution in [0.25, 0.3) is 10.9 Å². The zero-order chi connectivity index (χ0) is 11.2. The number of rotatable bonds is 3. The first-order valence-corrected chi connectivity index (χ1v) is 5.99.